The van der Waals surface area contributed by atoms with Gasteiger partial charge in [0.1, 0.15) is 24.7 Å². The lowest BCUT2D eigenvalue weighted by atomic mass is 10.1. The van der Waals surface area contributed by atoms with Crippen LogP contribution in [0.25, 0.3) is 10.8 Å². The molecule has 0 saturated heterocycles. The number of fused-ring (bicyclic) bond motifs is 1. The first-order valence-electron chi connectivity index (χ1n) is 9.31. The van der Waals surface area contributed by atoms with Crippen molar-refractivity contribution < 1.29 is 27.4 Å². The van der Waals surface area contributed by atoms with Gasteiger partial charge in [0, 0.05) is 0 Å². The molecule has 0 bridgehead atoms. The van der Waals surface area contributed by atoms with Gasteiger partial charge in [-0.25, -0.2) is 4.39 Å². The fraction of sp³-hybridized carbons (Fsp3) is 0.167. The molecule has 30 heavy (non-hydrogen) atoms. The third-order valence-electron chi connectivity index (χ3n) is 4.24. The van der Waals surface area contributed by atoms with Crippen LogP contribution in [-0.2, 0) is 6.11 Å². The average Bonchev–Trinajstić information content (AvgIpc) is 2.73. The molecule has 0 fully saturated rings. The van der Waals surface area contributed by atoms with Gasteiger partial charge in [0.2, 0.25) is 0 Å². The maximum absolute atomic E-state index is 14.6. The molecule has 0 radical (unpaired) electrons. The topological polar surface area (TPSA) is 27.7 Å². The predicted molar refractivity (Wildman–Crippen MR) is 111 cm³/mol. The fourth-order valence-electron chi connectivity index (χ4n) is 2.73. The summed E-state index contributed by atoms with van der Waals surface area (Å²) >= 11 is 0. The van der Waals surface area contributed by atoms with Gasteiger partial charge in [0.25, 0.3) is 0 Å². The first-order chi connectivity index (χ1) is 14.4. The van der Waals surface area contributed by atoms with Crippen molar-refractivity contribution in [3.63, 3.8) is 0 Å². The van der Waals surface area contributed by atoms with Crippen molar-refractivity contribution in [2.75, 3.05) is 13.2 Å². The van der Waals surface area contributed by atoms with Crippen LogP contribution in [0, 0.1) is 5.82 Å². The summed E-state index contributed by atoms with van der Waals surface area (Å²) < 4.78 is 59.2. The quantitative estimate of drug-likeness (QED) is 0.368. The normalized spacial score (nSPS) is 11.6. The maximum atomic E-state index is 14.6. The molecule has 0 atom stereocenters. The van der Waals surface area contributed by atoms with Crippen molar-refractivity contribution in [1.29, 1.82) is 0 Å². The summed E-state index contributed by atoms with van der Waals surface area (Å²) in [5.74, 6) is -0.466. The predicted octanol–water partition coefficient (Wildman–Crippen LogP) is 6.63. The Labute approximate surface area is 173 Å². The van der Waals surface area contributed by atoms with E-state index in [0.29, 0.717) is 35.5 Å². The summed E-state index contributed by atoms with van der Waals surface area (Å²) in [5, 5.41) is 1.05. The number of benzene rings is 3. The van der Waals surface area contributed by atoms with Crippen LogP contribution in [0.5, 0.6) is 17.2 Å². The van der Waals surface area contributed by atoms with E-state index in [1.165, 1.54) is 30.3 Å². The summed E-state index contributed by atoms with van der Waals surface area (Å²) in [6, 6.07) is 12.5. The van der Waals surface area contributed by atoms with E-state index in [2.05, 4.69) is 6.58 Å². The lowest BCUT2D eigenvalue weighted by molar-refractivity contribution is -0.186. The summed E-state index contributed by atoms with van der Waals surface area (Å²) in [6.07, 6.45) is 1.49. The number of hydrogen-bond donors (Lipinski definition) is 0. The molecule has 0 saturated carbocycles. The molecule has 0 N–H and O–H groups in total. The number of halogens is 3. The average molecular weight is 414 g/mol. The van der Waals surface area contributed by atoms with Crippen LogP contribution >= 0.6 is 0 Å². The molecule has 0 aliphatic heterocycles. The molecular weight excluding hydrogens is 393 g/mol. The van der Waals surface area contributed by atoms with E-state index in [1.807, 2.05) is 13.0 Å². The Morgan fingerprint density at radius 1 is 0.900 bits per heavy atom. The van der Waals surface area contributed by atoms with E-state index in [1.54, 1.807) is 30.4 Å². The molecule has 0 aliphatic rings. The minimum atomic E-state index is -3.72. The molecule has 6 heteroatoms. The maximum Gasteiger partial charge on any atom is 0.426 e. The van der Waals surface area contributed by atoms with Gasteiger partial charge in [-0.05, 0) is 66.2 Å². The molecule has 3 nitrogen and oxygen atoms in total. The van der Waals surface area contributed by atoms with Crippen molar-refractivity contribution in [3.8, 4) is 17.2 Å². The number of hydrogen-bond acceptors (Lipinski definition) is 3. The van der Waals surface area contributed by atoms with E-state index >= 15 is 0 Å². The zero-order chi connectivity index (χ0) is 21.6. The smallest absolute Gasteiger partial charge is 0.426 e. The van der Waals surface area contributed by atoms with Crippen LogP contribution in [0.1, 0.15) is 12.5 Å². The standard InChI is InChI=1S/C24H21F3O3/c1-3-5-13-29-20-10-7-19(8-11-20)24(26,27)30-23-16-17-6-9-21(28-12-4-2)14-18(17)15-22(23)25/h3-11,14-16H,2,12-13H2,1H3/b5-3+. The molecule has 0 aliphatic carbocycles. The molecule has 3 aromatic rings. The highest BCUT2D eigenvalue weighted by atomic mass is 19.3. The Morgan fingerprint density at radius 2 is 1.60 bits per heavy atom. The van der Waals surface area contributed by atoms with Crippen LogP contribution < -0.4 is 14.2 Å². The van der Waals surface area contributed by atoms with Crippen molar-refractivity contribution in [1.82, 2.24) is 0 Å². The van der Waals surface area contributed by atoms with Gasteiger partial charge in [-0.3, -0.25) is 0 Å². The van der Waals surface area contributed by atoms with Crippen LogP contribution in [-0.4, -0.2) is 13.2 Å². The number of rotatable bonds is 9. The van der Waals surface area contributed by atoms with Crippen LogP contribution in [0.4, 0.5) is 13.2 Å². The first-order valence-corrected chi connectivity index (χ1v) is 9.31. The van der Waals surface area contributed by atoms with Gasteiger partial charge < -0.3 is 14.2 Å². The lowest BCUT2D eigenvalue weighted by Gasteiger charge is -2.19. The zero-order valence-electron chi connectivity index (χ0n) is 16.4. The van der Waals surface area contributed by atoms with Gasteiger partial charge >= 0.3 is 6.11 Å². The highest BCUT2D eigenvalue weighted by Crippen LogP contribution is 2.36. The Balaban J connectivity index is 1.79. The van der Waals surface area contributed by atoms with Gasteiger partial charge in [-0.2, -0.15) is 8.78 Å². The molecule has 0 aromatic heterocycles. The molecule has 3 aromatic carbocycles. The number of ether oxygens (including phenoxy) is 3. The monoisotopic (exact) mass is 414 g/mol. The van der Waals surface area contributed by atoms with E-state index < -0.39 is 23.2 Å². The Kier molecular flexibility index (Phi) is 6.67. The molecule has 156 valence electrons. The van der Waals surface area contributed by atoms with Gasteiger partial charge in [0.15, 0.2) is 11.6 Å². The van der Waals surface area contributed by atoms with Gasteiger partial charge in [0.05, 0.1) is 5.56 Å². The van der Waals surface area contributed by atoms with Crippen molar-refractivity contribution in [3.05, 3.63) is 90.8 Å². The lowest BCUT2D eigenvalue weighted by Crippen LogP contribution is -2.22. The Hall–Kier alpha value is -3.41. The minimum absolute atomic E-state index is 0.306. The fourth-order valence-corrected chi connectivity index (χ4v) is 2.73. The van der Waals surface area contributed by atoms with Crippen molar-refractivity contribution in [2.45, 2.75) is 13.0 Å². The number of alkyl halides is 2. The van der Waals surface area contributed by atoms with Crippen molar-refractivity contribution >= 4 is 10.8 Å². The molecule has 3 rings (SSSR count). The van der Waals surface area contributed by atoms with Crippen molar-refractivity contribution in [2.24, 2.45) is 0 Å². The molecular formula is C24H21F3O3. The summed E-state index contributed by atoms with van der Waals surface area (Å²) in [5.41, 5.74) is -0.409. The summed E-state index contributed by atoms with van der Waals surface area (Å²) in [7, 11) is 0. The minimum Gasteiger partial charge on any atom is -0.490 e. The van der Waals surface area contributed by atoms with Gasteiger partial charge in [-0.15, -0.1) is 0 Å². The third-order valence-corrected chi connectivity index (χ3v) is 4.24. The highest BCUT2D eigenvalue weighted by Gasteiger charge is 2.35. The third kappa shape index (κ3) is 5.14. The summed E-state index contributed by atoms with van der Waals surface area (Å²) in [4.78, 5) is 0. The second kappa shape index (κ2) is 9.39. The van der Waals surface area contributed by atoms with Crippen LogP contribution in [0.2, 0.25) is 0 Å². The second-order valence-corrected chi connectivity index (χ2v) is 6.41. The Morgan fingerprint density at radius 3 is 2.30 bits per heavy atom. The number of allylic oxidation sites excluding steroid dienone is 1. The first kappa shape index (κ1) is 21.3. The van der Waals surface area contributed by atoms with Gasteiger partial charge in [-0.1, -0.05) is 30.9 Å². The zero-order valence-corrected chi connectivity index (χ0v) is 16.4. The molecule has 0 spiro atoms. The highest BCUT2D eigenvalue weighted by molar-refractivity contribution is 5.85. The second-order valence-electron chi connectivity index (χ2n) is 6.41. The largest absolute Gasteiger partial charge is 0.490 e. The molecule has 0 unspecified atom stereocenters. The van der Waals surface area contributed by atoms with E-state index in [9.17, 15) is 13.2 Å². The van der Waals surface area contributed by atoms with E-state index in [-0.39, 0.29) is 0 Å². The molecule has 0 heterocycles. The SMILES string of the molecule is C=CCOc1ccc2cc(OC(F)(F)c3ccc(OC/C=C/C)cc3)c(F)cc2c1. The summed E-state index contributed by atoms with van der Waals surface area (Å²) in [6.45, 7) is 6.06. The van der Waals surface area contributed by atoms with E-state index in [4.69, 9.17) is 14.2 Å². The van der Waals surface area contributed by atoms with Crippen LogP contribution in [0.15, 0.2) is 79.4 Å². The van der Waals surface area contributed by atoms with Crippen LogP contribution in [0.3, 0.4) is 0 Å². The van der Waals surface area contributed by atoms with E-state index in [0.717, 1.165) is 6.07 Å². The Bertz CT molecular complexity index is 1040. The molecule has 0 amide bonds.